The van der Waals surface area contributed by atoms with Gasteiger partial charge in [-0.2, -0.15) is 0 Å². The number of carbonyl (C=O) groups excluding carboxylic acids is 2. The van der Waals surface area contributed by atoms with Gasteiger partial charge in [0, 0.05) is 12.6 Å². The first kappa shape index (κ1) is 25.4. The summed E-state index contributed by atoms with van der Waals surface area (Å²) < 4.78 is 12.0. The van der Waals surface area contributed by atoms with Crippen LogP contribution in [0.2, 0.25) is 0 Å². The van der Waals surface area contributed by atoms with Gasteiger partial charge < -0.3 is 30.7 Å². The van der Waals surface area contributed by atoms with Crippen LogP contribution < -0.4 is 11.1 Å². The maximum absolute atomic E-state index is 12.5. The highest BCUT2D eigenvalue weighted by molar-refractivity contribution is 5.83. The van der Waals surface area contributed by atoms with Crippen LogP contribution in [0.1, 0.15) is 30.5 Å². The molecule has 13 nitrogen and oxygen atoms in total. The van der Waals surface area contributed by atoms with Crippen LogP contribution in [0.25, 0.3) is 11.2 Å². The number of nitrogens with zero attached hydrogens (tertiary/aromatic N) is 5. The summed E-state index contributed by atoms with van der Waals surface area (Å²) >= 11 is 0. The molecule has 5 N–H and O–H groups in total. The summed E-state index contributed by atoms with van der Waals surface area (Å²) in [6.45, 7) is 0.336. The number of imidazole rings is 1. The maximum atomic E-state index is 12.5. The van der Waals surface area contributed by atoms with Crippen LogP contribution >= 0.6 is 0 Å². The SMILES string of the molecule is COC(=O)N(CC#Cc1nc(N)c2ncn(C3OC(C(=O)NC4CC4)C(O)C3O)c2n1)Cc1ccccc1. The van der Waals surface area contributed by atoms with Crippen molar-refractivity contribution in [3.8, 4) is 11.8 Å². The Balaban J connectivity index is 1.36. The van der Waals surface area contributed by atoms with Gasteiger partial charge in [0.2, 0.25) is 5.82 Å². The second-order valence-corrected chi connectivity index (χ2v) is 9.08. The number of benzene rings is 1. The van der Waals surface area contributed by atoms with Crippen LogP contribution in [0.5, 0.6) is 0 Å². The van der Waals surface area contributed by atoms with Crippen molar-refractivity contribution in [2.75, 3.05) is 19.4 Å². The third-order valence-corrected chi connectivity index (χ3v) is 6.26. The van der Waals surface area contributed by atoms with Crippen LogP contribution in [0.15, 0.2) is 36.7 Å². The lowest BCUT2D eigenvalue weighted by Gasteiger charge is -2.18. The molecule has 3 heterocycles. The molecule has 1 saturated carbocycles. The molecule has 4 atom stereocenters. The molecule has 1 aromatic carbocycles. The van der Waals surface area contributed by atoms with Crippen molar-refractivity contribution in [3.05, 3.63) is 48.0 Å². The minimum absolute atomic E-state index is 0.0383. The molecule has 13 heteroatoms. The van der Waals surface area contributed by atoms with E-state index in [9.17, 15) is 19.8 Å². The number of hydrogen-bond donors (Lipinski definition) is 4. The van der Waals surface area contributed by atoms with Crippen LogP contribution in [-0.4, -0.2) is 84.6 Å². The van der Waals surface area contributed by atoms with Crippen molar-refractivity contribution in [1.82, 2.24) is 29.7 Å². The van der Waals surface area contributed by atoms with Crippen LogP contribution in [0, 0.1) is 11.8 Å². The van der Waals surface area contributed by atoms with E-state index in [4.69, 9.17) is 15.2 Å². The standard InChI is InChI=1S/C25H27N7O6/c1-37-25(36)31(12-14-6-3-2-4-7-14)11-5-8-16-29-21(26)17-22(30-16)32(13-27-17)24-19(34)18(33)20(38-24)23(35)28-15-9-10-15/h2-4,6-7,13,15,18-20,24,33-34H,9-12H2,1H3,(H,28,35)(H2,26,29,30). The second kappa shape index (κ2) is 10.6. The predicted molar refractivity (Wildman–Crippen MR) is 133 cm³/mol. The van der Waals surface area contributed by atoms with Gasteiger partial charge in [0.15, 0.2) is 23.8 Å². The van der Waals surface area contributed by atoms with E-state index < -0.39 is 36.5 Å². The summed E-state index contributed by atoms with van der Waals surface area (Å²) in [5, 5.41) is 23.9. The predicted octanol–water partition coefficient (Wildman–Crippen LogP) is -0.0736. The molecular formula is C25H27N7O6. The summed E-state index contributed by atoms with van der Waals surface area (Å²) in [5.74, 6) is 5.27. The van der Waals surface area contributed by atoms with Crippen molar-refractivity contribution in [2.24, 2.45) is 0 Å². The summed E-state index contributed by atoms with van der Waals surface area (Å²) in [6, 6.07) is 9.47. The lowest BCUT2D eigenvalue weighted by molar-refractivity contribution is -0.137. The molecule has 0 radical (unpaired) electrons. The fraction of sp³-hybridized carbons (Fsp3) is 0.400. The monoisotopic (exact) mass is 521 g/mol. The Morgan fingerprint density at radius 1 is 1.24 bits per heavy atom. The Morgan fingerprint density at radius 2 is 2.00 bits per heavy atom. The molecular weight excluding hydrogens is 494 g/mol. The molecule has 2 aliphatic rings. The molecule has 2 fully saturated rings. The number of aromatic nitrogens is 4. The minimum atomic E-state index is -1.44. The smallest absolute Gasteiger partial charge is 0.410 e. The van der Waals surface area contributed by atoms with Crippen LogP contribution in [0.4, 0.5) is 10.6 Å². The van der Waals surface area contributed by atoms with E-state index >= 15 is 0 Å². The largest absolute Gasteiger partial charge is 0.453 e. The highest BCUT2D eigenvalue weighted by atomic mass is 16.6. The fourth-order valence-electron chi connectivity index (χ4n) is 4.13. The van der Waals surface area contributed by atoms with Crippen molar-refractivity contribution in [3.63, 3.8) is 0 Å². The Labute approximate surface area is 217 Å². The number of nitrogens with two attached hydrogens (primary N) is 1. The number of rotatable bonds is 6. The van der Waals surface area contributed by atoms with E-state index in [1.807, 2.05) is 30.3 Å². The first-order valence-electron chi connectivity index (χ1n) is 12.0. The third-order valence-electron chi connectivity index (χ3n) is 6.26. The van der Waals surface area contributed by atoms with Gasteiger partial charge in [0.05, 0.1) is 20.0 Å². The average Bonchev–Trinajstić information content (AvgIpc) is 3.55. The maximum Gasteiger partial charge on any atom is 0.410 e. The zero-order valence-electron chi connectivity index (χ0n) is 20.5. The summed E-state index contributed by atoms with van der Waals surface area (Å²) in [5.41, 5.74) is 7.43. The zero-order chi connectivity index (χ0) is 26.8. The quantitative estimate of drug-likeness (QED) is 0.321. The molecule has 3 aromatic rings. The van der Waals surface area contributed by atoms with Gasteiger partial charge >= 0.3 is 6.09 Å². The lowest BCUT2D eigenvalue weighted by Crippen LogP contribution is -2.43. The number of nitrogens with one attached hydrogen (secondary N) is 1. The molecule has 0 bridgehead atoms. The molecule has 2 aromatic heterocycles. The molecule has 5 rings (SSSR count). The third kappa shape index (κ3) is 5.23. The van der Waals surface area contributed by atoms with E-state index in [0.717, 1.165) is 18.4 Å². The van der Waals surface area contributed by atoms with Crippen molar-refractivity contribution in [2.45, 2.75) is 50.0 Å². The number of amides is 2. The number of methoxy groups -OCH3 is 1. The van der Waals surface area contributed by atoms with Crippen LogP contribution in [-0.2, 0) is 20.8 Å². The van der Waals surface area contributed by atoms with Gasteiger partial charge in [-0.05, 0) is 24.3 Å². The second-order valence-electron chi connectivity index (χ2n) is 9.08. The average molecular weight is 522 g/mol. The highest BCUT2D eigenvalue weighted by Crippen LogP contribution is 2.33. The Kier molecular flexibility index (Phi) is 7.10. The summed E-state index contributed by atoms with van der Waals surface area (Å²) in [6.07, 6.45) is -2.70. The number of fused-ring (bicyclic) bond motifs is 1. The van der Waals surface area contributed by atoms with Crippen molar-refractivity contribution < 1.29 is 29.3 Å². The first-order valence-corrected chi connectivity index (χ1v) is 12.0. The van der Waals surface area contributed by atoms with Crippen molar-refractivity contribution >= 4 is 29.0 Å². The minimum Gasteiger partial charge on any atom is -0.453 e. The molecule has 4 unspecified atom stereocenters. The first-order chi connectivity index (χ1) is 18.4. The number of ether oxygens (including phenoxy) is 2. The van der Waals surface area contributed by atoms with Crippen LogP contribution in [0.3, 0.4) is 0 Å². The Morgan fingerprint density at radius 3 is 2.71 bits per heavy atom. The van der Waals surface area contributed by atoms with E-state index in [2.05, 4.69) is 32.1 Å². The molecule has 198 valence electrons. The molecule has 38 heavy (non-hydrogen) atoms. The van der Waals surface area contributed by atoms with Gasteiger partial charge in [0.25, 0.3) is 5.91 Å². The van der Waals surface area contributed by atoms with Gasteiger partial charge in [-0.1, -0.05) is 36.3 Å². The van der Waals surface area contributed by atoms with Gasteiger partial charge in [-0.15, -0.1) is 0 Å². The summed E-state index contributed by atoms with van der Waals surface area (Å²) in [4.78, 5) is 38.9. The molecule has 1 aliphatic heterocycles. The summed E-state index contributed by atoms with van der Waals surface area (Å²) in [7, 11) is 1.29. The van der Waals surface area contributed by atoms with Gasteiger partial charge in [-0.3, -0.25) is 14.3 Å². The van der Waals surface area contributed by atoms with E-state index in [1.54, 1.807) is 0 Å². The topological polar surface area (TPSA) is 178 Å². The molecule has 2 amide bonds. The van der Waals surface area contributed by atoms with E-state index in [1.165, 1.54) is 22.9 Å². The molecule has 1 saturated heterocycles. The lowest BCUT2D eigenvalue weighted by atomic mass is 10.1. The fourth-order valence-corrected chi connectivity index (χ4v) is 4.13. The number of aliphatic hydroxyl groups excluding tert-OH is 2. The molecule has 0 spiro atoms. The number of hydrogen-bond acceptors (Lipinski definition) is 10. The van der Waals surface area contributed by atoms with Gasteiger partial charge in [-0.25, -0.2) is 19.7 Å². The van der Waals surface area contributed by atoms with E-state index in [-0.39, 0.29) is 35.4 Å². The zero-order valence-corrected chi connectivity index (χ0v) is 20.5. The number of nitrogen functional groups attached to an aromatic ring is 1. The highest BCUT2D eigenvalue weighted by Gasteiger charge is 2.48. The van der Waals surface area contributed by atoms with E-state index in [0.29, 0.717) is 6.54 Å². The number of anilines is 1. The Hall–Kier alpha value is -4.25. The number of carbonyl (C=O) groups is 2. The normalized spacial score (nSPS) is 22.5. The van der Waals surface area contributed by atoms with Gasteiger partial charge in [0.1, 0.15) is 17.7 Å². The Bertz CT molecular complexity index is 1400. The van der Waals surface area contributed by atoms with Crippen molar-refractivity contribution in [1.29, 1.82) is 0 Å². The number of aliphatic hydroxyl groups is 2. The molecule has 1 aliphatic carbocycles.